The third-order valence-corrected chi connectivity index (χ3v) is 8.06. The Labute approximate surface area is 227 Å². The molecule has 0 spiro atoms. The number of hydrogen-bond donors (Lipinski definition) is 0. The van der Waals surface area contributed by atoms with Crippen LogP contribution in [0.5, 0.6) is 0 Å². The van der Waals surface area contributed by atoms with Gasteiger partial charge in [0.15, 0.2) is 0 Å². The molecule has 0 saturated heterocycles. The minimum atomic E-state index is 1.18. The zero-order chi connectivity index (χ0) is 25.9. The molecular weight excluding hydrogens is 472 g/mol. The minimum Gasteiger partial charge on any atom is -0.309 e. The summed E-state index contributed by atoms with van der Waals surface area (Å²) in [5, 5.41) is 5.15. The zero-order valence-electron chi connectivity index (χ0n) is 21.7. The standard InChI is InChI=1S/C37H26N2/c1-25-24-27(20-23-33(25)39-36-16-8-4-12-31(36)32-13-5-9-17-37(32)39)26-18-21-28(22-19-26)38-34-14-6-2-10-29(34)30-11-3-7-15-35(30)38/h2-24H,1H3. The third kappa shape index (κ3) is 3.28. The highest BCUT2D eigenvalue weighted by molar-refractivity contribution is 6.10. The van der Waals surface area contributed by atoms with Crippen molar-refractivity contribution in [3.05, 3.63) is 145 Å². The van der Waals surface area contributed by atoms with E-state index >= 15 is 0 Å². The van der Waals surface area contributed by atoms with Crippen molar-refractivity contribution in [2.75, 3.05) is 0 Å². The van der Waals surface area contributed by atoms with E-state index in [2.05, 4.69) is 156 Å². The average Bonchev–Trinajstić information content (AvgIpc) is 3.51. The molecule has 2 nitrogen and oxygen atoms in total. The number of fused-ring (bicyclic) bond motifs is 6. The van der Waals surface area contributed by atoms with Crippen molar-refractivity contribution in [3.8, 4) is 22.5 Å². The van der Waals surface area contributed by atoms with Crippen molar-refractivity contribution in [2.24, 2.45) is 0 Å². The van der Waals surface area contributed by atoms with Crippen molar-refractivity contribution in [1.82, 2.24) is 9.13 Å². The van der Waals surface area contributed by atoms with E-state index < -0.39 is 0 Å². The summed E-state index contributed by atoms with van der Waals surface area (Å²) in [6.07, 6.45) is 0. The summed E-state index contributed by atoms with van der Waals surface area (Å²) in [6.45, 7) is 2.22. The molecule has 0 N–H and O–H groups in total. The first-order valence-electron chi connectivity index (χ1n) is 13.5. The van der Waals surface area contributed by atoms with Crippen molar-refractivity contribution in [2.45, 2.75) is 6.92 Å². The lowest BCUT2D eigenvalue weighted by molar-refractivity contribution is 1.15. The Morgan fingerprint density at radius 3 is 1.26 bits per heavy atom. The maximum Gasteiger partial charge on any atom is 0.0541 e. The van der Waals surface area contributed by atoms with Crippen LogP contribution in [0.1, 0.15) is 5.56 Å². The number of rotatable bonds is 3. The molecule has 2 heteroatoms. The lowest BCUT2D eigenvalue weighted by atomic mass is 10.0. The van der Waals surface area contributed by atoms with Crippen LogP contribution in [-0.4, -0.2) is 9.13 Å². The van der Waals surface area contributed by atoms with Gasteiger partial charge < -0.3 is 9.13 Å². The van der Waals surface area contributed by atoms with Crippen LogP contribution in [-0.2, 0) is 0 Å². The third-order valence-electron chi connectivity index (χ3n) is 8.06. The summed E-state index contributed by atoms with van der Waals surface area (Å²) < 4.78 is 4.76. The molecule has 0 atom stereocenters. The molecule has 0 saturated carbocycles. The molecule has 0 aliphatic carbocycles. The Balaban J connectivity index is 1.22. The van der Waals surface area contributed by atoms with E-state index in [1.54, 1.807) is 0 Å². The van der Waals surface area contributed by atoms with Crippen LogP contribution in [0.25, 0.3) is 66.1 Å². The maximum absolute atomic E-state index is 2.40. The Hall–Kier alpha value is -5.08. The summed E-state index contributed by atoms with van der Waals surface area (Å²) >= 11 is 0. The Bertz CT molecular complexity index is 2070. The minimum absolute atomic E-state index is 1.18. The molecule has 184 valence electrons. The van der Waals surface area contributed by atoms with Gasteiger partial charge in [-0.2, -0.15) is 0 Å². The molecule has 0 fully saturated rings. The number of para-hydroxylation sites is 4. The van der Waals surface area contributed by atoms with E-state index in [4.69, 9.17) is 0 Å². The number of benzene rings is 6. The predicted octanol–water partition coefficient (Wildman–Crippen LogP) is 9.86. The molecule has 2 heterocycles. The topological polar surface area (TPSA) is 9.86 Å². The molecule has 0 amide bonds. The van der Waals surface area contributed by atoms with Crippen molar-refractivity contribution in [3.63, 3.8) is 0 Å². The van der Waals surface area contributed by atoms with E-state index in [1.807, 2.05) is 0 Å². The molecule has 0 radical (unpaired) electrons. The van der Waals surface area contributed by atoms with Crippen LogP contribution in [0.2, 0.25) is 0 Å². The van der Waals surface area contributed by atoms with Crippen LogP contribution >= 0.6 is 0 Å². The fourth-order valence-electron chi connectivity index (χ4n) is 6.27. The Morgan fingerprint density at radius 1 is 0.385 bits per heavy atom. The first-order valence-corrected chi connectivity index (χ1v) is 13.5. The van der Waals surface area contributed by atoms with Gasteiger partial charge in [0, 0.05) is 32.9 Å². The van der Waals surface area contributed by atoms with E-state index in [1.165, 1.54) is 71.7 Å². The normalized spacial score (nSPS) is 11.7. The molecule has 6 aromatic carbocycles. The highest BCUT2D eigenvalue weighted by atomic mass is 15.0. The molecule has 8 rings (SSSR count). The second-order valence-electron chi connectivity index (χ2n) is 10.3. The molecule has 0 aliphatic rings. The molecule has 2 aromatic heterocycles. The lowest BCUT2D eigenvalue weighted by Crippen LogP contribution is -1.97. The van der Waals surface area contributed by atoms with Crippen LogP contribution in [0.15, 0.2) is 140 Å². The van der Waals surface area contributed by atoms with E-state index in [0.717, 1.165) is 0 Å². The molecular formula is C37H26N2. The molecule has 39 heavy (non-hydrogen) atoms. The van der Waals surface area contributed by atoms with Gasteiger partial charge in [0.1, 0.15) is 0 Å². The molecule has 0 bridgehead atoms. The first kappa shape index (κ1) is 22.0. The van der Waals surface area contributed by atoms with Gasteiger partial charge in [-0.25, -0.2) is 0 Å². The summed E-state index contributed by atoms with van der Waals surface area (Å²) in [5.41, 5.74) is 11.0. The van der Waals surface area contributed by atoms with Gasteiger partial charge in [0.05, 0.1) is 22.1 Å². The fraction of sp³-hybridized carbons (Fsp3) is 0.0270. The number of aromatic nitrogens is 2. The number of nitrogens with zero attached hydrogens (tertiary/aromatic N) is 2. The van der Waals surface area contributed by atoms with E-state index in [9.17, 15) is 0 Å². The summed E-state index contributed by atoms with van der Waals surface area (Å²) in [6, 6.07) is 50.5. The van der Waals surface area contributed by atoms with Gasteiger partial charge in [-0.05, 0) is 72.1 Å². The van der Waals surface area contributed by atoms with Gasteiger partial charge in [-0.1, -0.05) is 91.0 Å². The Morgan fingerprint density at radius 2 is 0.795 bits per heavy atom. The zero-order valence-corrected chi connectivity index (χ0v) is 21.7. The Kier molecular flexibility index (Phi) is 4.77. The smallest absolute Gasteiger partial charge is 0.0541 e. The fourth-order valence-corrected chi connectivity index (χ4v) is 6.27. The first-order chi connectivity index (χ1) is 19.3. The van der Waals surface area contributed by atoms with Crippen molar-refractivity contribution >= 4 is 43.6 Å². The van der Waals surface area contributed by atoms with E-state index in [0.29, 0.717) is 0 Å². The van der Waals surface area contributed by atoms with Gasteiger partial charge in [0.25, 0.3) is 0 Å². The van der Waals surface area contributed by atoms with Crippen LogP contribution < -0.4 is 0 Å². The van der Waals surface area contributed by atoms with Crippen LogP contribution in [0.4, 0.5) is 0 Å². The van der Waals surface area contributed by atoms with E-state index in [-0.39, 0.29) is 0 Å². The van der Waals surface area contributed by atoms with Gasteiger partial charge in [-0.15, -0.1) is 0 Å². The summed E-state index contributed by atoms with van der Waals surface area (Å²) in [4.78, 5) is 0. The summed E-state index contributed by atoms with van der Waals surface area (Å²) in [5.74, 6) is 0. The second kappa shape index (κ2) is 8.47. The van der Waals surface area contributed by atoms with Gasteiger partial charge in [0.2, 0.25) is 0 Å². The monoisotopic (exact) mass is 498 g/mol. The molecule has 0 unspecified atom stereocenters. The quantitative estimate of drug-likeness (QED) is 0.229. The predicted molar refractivity (Wildman–Crippen MR) is 165 cm³/mol. The van der Waals surface area contributed by atoms with Crippen LogP contribution in [0, 0.1) is 6.92 Å². The molecule has 0 aliphatic heterocycles. The SMILES string of the molecule is Cc1cc(-c2ccc(-n3c4ccccc4c4ccccc43)cc2)ccc1-n1c2ccccc2c2ccccc21. The highest BCUT2D eigenvalue weighted by Gasteiger charge is 2.14. The van der Waals surface area contributed by atoms with Gasteiger partial charge >= 0.3 is 0 Å². The maximum atomic E-state index is 2.40. The second-order valence-corrected chi connectivity index (χ2v) is 10.3. The number of aryl methyl sites for hydroxylation is 1. The summed E-state index contributed by atoms with van der Waals surface area (Å²) in [7, 11) is 0. The highest BCUT2D eigenvalue weighted by Crippen LogP contribution is 2.35. The van der Waals surface area contributed by atoms with Crippen molar-refractivity contribution < 1.29 is 0 Å². The lowest BCUT2D eigenvalue weighted by Gasteiger charge is -2.14. The molecule has 8 aromatic rings. The largest absolute Gasteiger partial charge is 0.309 e. The van der Waals surface area contributed by atoms with Gasteiger partial charge in [-0.3, -0.25) is 0 Å². The number of hydrogen-bond acceptors (Lipinski definition) is 0. The van der Waals surface area contributed by atoms with Crippen LogP contribution in [0.3, 0.4) is 0 Å². The van der Waals surface area contributed by atoms with Crippen molar-refractivity contribution in [1.29, 1.82) is 0 Å². The average molecular weight is 499 g/mol.